The van der Waals surface area contributed by atoms with E-state index in [1.54, 1.807) is 0 Å². The van der Waals surface area contributed by atoms with E-state index in [9.17, 15) is 0 Å². The zero-order valence-corrected chi connectivity index (χ0v) is 4.73. The van der Waals surface area contributed by atoms with Gasteiger partial charge >= 0.3 is 0 Å². The molecule has 0 aliphatic heterocycles. The van der Waals surface area contributed by atoms with Crippen LogP contribution < -0.4 is 5.32 Å². The van der Waals surface area contributed by atoms with E-state index < -0.39 is 0 Å². The lowest BCUT2D eigenvalue weighted by molar-refractivity contribution is 0.275. The van der Waals surface area contributed by atoms with Crippen molar-refractivity contribution in [1.82, 2.24) is 5.32 Å². The van der Waals surface area contributed by atoms with E-state index in [0.29, 0.717) is 0 Å². The minimum atomic E-state index is 0.0240. The lowest BCUT2D eigenvalue weighted by atomic mass is 10.5. The van der Waals surface area contributed by atoms with Gasteiger partial charge in [-0.15, -0.1) is 0 Å². The fourth-order valence-corrected chi connectivity index (χ4v) is 0.227. The predicted molar refractivity (Wildman–Crippen MR) is 29.7 cm³/mol. The summed E-state index contributed by atoms with van der Waals surface area (Å²) in [5.41, 5.74) is 1.00. The first-order chi connectivity index (χ1) is 3.31. The number of rotatable bonds is 2. The van der Waals surface area contributed by atoms with Gasteiger partial charge < -0.3 is 10.4 Å². The quantitative estimate of drug-likeness (QED) is 0.495. The highest BCUT2D eigenvalue weighted by Gasteiger charge is 1.76. The van der Waals surface area contributed by atoms with Crippen LogP contribution in [0, 0.1) is 0 Å². The number of hydrogen-bond acceptors (Lipinski definition) is 2. The van der Waals surface area contributed by atoms with Crippen LogP contribution in [-0.4, -0.2) is 11.8 Å². The Morgan fingerprint density at radius 3 is 2.57 bits per heavy atom. The SMILES string of the molecule is C/C=C(\C)NCO. The van der Waals surface area contributed by atoms with Crippen LogP contribution in [0.25, 0.3) is 0 Å². The van der Waals surface area contributed by atoms with E-state index in [1.165, 1.54) is 0 Å². The molecule has 0 spiro atoms. The molecule has 0 bridgehead atoms. The summed E-state index contributed by atoms with van der Waals surface area (Å²) in [6.07, 6.45) is 1.90. The molecule has 0 aromatic carbocycles. The summed E-state index contributed by atoms with van der Waals surface area (Å²) in [5, 5.41) is 10.9. The lowest BCUT2D eigenvalue weighted by Gasteiger charge is -1.97. The van der Waals surface area contributed by atoms with Crippen molar-refractivity contribution in [1.29, 1.82) is 0 Å². The van der Waals surface area contributed by atoms with Crippen molar-refractivity contribution >= 4 is 0 Å². The second-order valence-electron chi connectivity index (χ2n) is 1.31. The molecule has 0 radical (unpaired) electrons. The van der Waals surface area contributed by atoms with Crippen molar-refractivity contribution in [2.45, 2.75) is 13.8 Å². The van der Waals surface area contributed by atoms with Gasteiger partial charge in [0, 0.05) is 5.70 Å². The molecule has 0 heterocycles. The van der Waals surface area contributed by atoms with E-state index in [-0.39, 0.29) is 6.73 Å². The molecule has 0 atom stereocenters. The molecule has 0 aromatic heterocycles. The Labute approximate surface area is 43.9 Å². The second kappa shape index (κ2) is 3.68. The lowest BCUT2D eigenvalue weighted by Crippen LogP contribution is -2.10. The Bertz CT molecular complexity index is 68.5. The van der Waals surface area contributed by atoms with Crippen LogP contribution in [0.15, 0.2) is 11.8 Å². The van der Waals surface area contributed by atoms with Crippen molar-refractivity contribution in [3.05, 3.63) is 11.8 Å². The van der Waals surface area contributed by atoms with Crippen molar-refractivity contribution < 1.29 is 5.11 Å². The zero-order valence-electron chi connectivity index (χ0n) is 4.73. The second-order valence-corrected chi connectivity index (χ2v) is 1.31. The molecule has 2 heteroatoms. The third-order valence-corrected chi connectivity index (χ3v) is 0.791. The normalized spacial score (nSPS) is 11.6. The smallest absolute Gasteiger partial charge is 0.113 e. The van der Waals surface area contributed by atoms with Crippen LogP contribution in [0.1, 0.15) is 13.8 Å². The Kier molecular flexibility index (Phi) is 3.42. The summed E-state index contributed by atoms with van der Waals surface area (Å²) in [6, 6.07) is 0. The van der Waals surface area contributed by atoms with Gasteiger partial charge in [-0.1, -0.05) is 6.08 Å². The third kappa shape index (κ3) is 3.33. The maximum atomic E-state index is 8.22. The first-order valence-corrected chi connectivity index (χ1v) is 2.29. The number of hydrogen-bond donors (Lipinski definition) is 2. The number of allylic oxidation sites excluding steroid dienone is 2. The summed E-state index contributed by atoms with van der Waals surface area (Å²) >= 11 is 0. The van der Waals surface area contributed by atoms with E-state index >= 15 is 0 Å². The molecule has 0 fully saturated rings. The van der Waals surface area contributed by atoms with E-state index in [2.05, 4.69) is 5.32 Å². The molecule has 42 valence electrons. The van der Waals surface area contributed by atoms with Crippen LogP contribution in [-0.2, 0) is 0 Å². The van der Waals surface area contributed by atoms with E-state index in [4.69, 9.17) is 5.11 Å². The highest BCUT2D eigenvalue weighted by molar-refractivity contribution is 4.90. The summed E-state index contributed by atoms with van der Waals surface area (Å²) in [5.74, 6) is 0. The first kappa shape index (κ1) is 6.50. The van der Waals surface area contributed by atoms with E-state index in [1.807, 2.05) is 19.9 Å². The maximum Gasteiger partial charge on any atom is 0.113 e. The highest BCUT2D eigenvalue weighted by atomic mass is 16.3. The summed E-state index contributed by atoms with van der Waals surface area (Å²) in [7, 11) is 0. The highest BCUT2D eigenvalue weighted by Crippen LogP contribution is 1.79. The molecular weight excluding hydrogens is 90.1 g/mol. The van der Waals surface area contributed by atoms with Crippen LogP contribution in [0.4, 0.5) is 0 Å². The molecule has 0 amide bonds. The molecule has 7 heavy (non-hydrogen) atoms. The van der Waals surface area contributed by atoms with Gasteiger partial charge in [0.15, 0.2) is 0 Å². The minimum Gasteiger partial charge on any atom is -0.377 e. The molecule has 0 aromatic rings. The van der Waals surface area contributed by atoms with E-state index in [0.717, 1.165) is 5.70 Å². The monoisotopic (exact) mass is 101 g/mol. The largest absolute Gasteiger partial charge is 0.377 e. The van der Waals surface area contributed by atoms with Crippen molar-refractivity contribution in [2.75, 3.05) is 6.73 Å². The van der Waals surface area contributed by atoms with Gasteiger partial charge in [-0.3, -0.25) is 0 Å². The van der Waals surface area contributed by atoms with Gasteiger partial charge in [0.05, 0.1) is 0 Å². The summed E-state index contributed by atoms with van der Waals surface area (Å²) in [4.78, 5) is 0. The van der Waals surface area contributed by atoms with Crippen molar-refractivity contribution in [2.24, 2.45) is 0 Å². The van der Waals surface area contributed by atoms with Gasteiger partial charge in [0.1, 0.15) is 6.73 Å². The van der Waals surface area contributed by atoms with Gasteiger partial charge in [-0.2, -0.15) is 0 Å². The van der Waals surface area contributed by atoms with Gasteiger partial charge in [0.2, 0.25) is 0 Å². The molecule has 2 N–H and O–H groups in total. The van der Waals surface area contributed by atoms with Crippen LogP contribution in [0.2, 0.25) is 0 Å². The summed E-state index contributed by atoms with van der Waals surface area (Å²) in [6.45, 7) is 3.84. The number of aliphatic hydroxyl groups is 1. The molecule has 0 aliphatic carbocycles. The average molecular weight is 101 g/mol. The predicted octanol–water partition coefficient (Wildman–Crippen LogP) is 0.450. The van der Waals surface area contributed by atoms with Crippen molar-refractivity contribution in [3.8, 4) is 0 Å². The van der Waals surface area contributed by atoms with Crippen molar-refractivity contribution in [3.63, 3.8) is 0 Å². The molecule has 2 nitrogen and oxygen atoms in total. The third-order valence-electron chi connectivity index (χ3n) is 0.791. The molecular formula is C5H11NO. The number of aliphatic hydroxyl groups excluding tert-OH is 1. The maximum absolute atomic E-state index is 8.22. The topological polar surface area (TPSA) is 32.3 Å². The average Bonchev–Trinajstić information content (AvgIpc) is 1.68. The Balaban J connectivity index is 3.17. The number of nitrogens with one attached hydrogen (secondary N) is 1. The molecule has 0 unspecified atom stereocenters. The minimum absolute atomic E-state index is 0.0240. The van der Waals surface area contributed by atoms with Gasteiger partial charge in [-0.25, -0.2) is 0 Å². The standard InChI is InChI=1S/C5H11NO/c1-3-5(2)6-4-7/h3,6-7H,4H2,1-2H3/b5-3+. The van der Waals surface area contributed by atoms with Crippen LogP contribution in [0.3, 0.4) is 0 Å². The Morgan fingerprint density at radius 2 is 2.43 bits per heavy atom. The van der Waals surface area contributed by atoms with Gasteiger partial charge in [-0.05, 0) is 13.8 Å². The Hall–Kier alpha value is -0.500. The zero-order chi connectivity index (χ0) is 5.70. The van der Waals surface area contributed by atoms with Crippen LogP contribution >= 0.6 is 0 Å². The van der Waals surface area contributed by atoms with Gasteiger partial charge in [0.25, 0.3) is 0 Å². The molecule has 0 saturated heterocycles. The Morgan fingerprint density at radius 1 is 1.86 bits per heavy atom. The fraction of sp³-hybridized carbons (Fsp3) is 0.600. The molecule has 0 aliphatic rings. The first-order valence-electron chi connectivity index (χ1n) is 2.29. The summed E-state index contributed by atoms with van der Waals surface area (Å²) < 4.78 is 0. The molecule has 0 saturated carbocycles. The fourth-order valence-electron chi connectivity index (χ4n) is 0.227. The van der Waals surface area contributed by atoms with Crippen LogP contribution in [0.5, 0.6) is 0 Å². The molecule has 0 rings (SSSR count).